The highest BCUT2D eigenvalue weighted by atomic mass is 32.1. The van der Waals surface area contributed by atoms with Gasteiger partial charge in [0.05, 0.1) is 12.6 Å². The van der Waals surface area contributed by atoms with E-state index in [9.17, 15) is 0 Å². The Balaban J connectivity index is 1.73. The van der Waals surface area contributed by atoms with Crippen LogP contribution in [0.25, 0.3) is 0 Å². The number of nitrogens with one attached hydrogen (secondary N) is 2. The van der Waals surface area contributed by atoms with Crippen molar-refractivity contribution in [2.75, 3.05) is 6.61 Å². The van der Waals surface area contributed by atoms with Gasteiger partial charge in [0.1, 0.15) is 12.4 Å². The molecule has 7 nitrogen and oxygen atoms in total. The van der Waals surface area contributed by atoms with Gasteiger partial charge in [-0.25, -0.2) is 4.99 Å². The molecule has 29 heavy (non-hydrogen) atoms. The third kappa shape index (κ3) is 4.64. The third-order valence-electron chi connectivity index (χ3n) is 6.35. The molecular weight excluding hydrogens is 384 g/mol. The number of nitrogens with zero attached hydrogens (tertiary/aromatic N) is 4. The molecule has 2 aromatic heterocycles. The van der Waals surface area contributed by atoms with E-state index >= 15 is 0 Å². The fourth-order valence-electron chi connectivity index (χ4n) is 4.22. The maximum atomic E-state index is 6.03. The molecule has 2 heterocycles. The van der Waals surface area contributed by atoms with Gasteiger partial charge in [-0.2, -0.15) is 0 Å². The smallest absolute Gasteiger partial charge is 0.192 e. The molecule has 0 aromatic carbocycles. The highest BCUT2D eigenvalue weighted by molar-refractivity contribution is 7.09. The summed E-state index contributed by atoms with van der Waals surface area (Å²) < 4.78 is 8.02. The Morgan fingerprint density at radius 1 is 1.34 bits per heavy atom. The summed E-state index contributed by atoms with van der Waals surface area (Å²) in [6.07, 6.45) is 3.51. The van der Waals surface area contributed by atoms with Crippen LogP contribution < -0.4 is 10.6 Å². The standard InChI is InChI=1S/C21H34N6OS/c1-6-21(7-2)17(12-18(21)28-8-3)24-20(22-13-16-10-9-11-29-16)23-14-19-26-25-15(4)27(19)5/h9-11,17-18H,6-8,12-14H2,1-5H3,(H2,22,23,24). The van der Waals surface area contributed by atoms with E-state index in [1.165, 1.54) is 4.88 Å². The summed E-state index contributed by atoms with van der Waals surface area (Å²) in [5, 5.41) is 17.7. The van der Waals surface area contributed by atoms with E-state index in [0.29, 0.717) is 18.7 Å². The van der Waals surface area contributed by atoms with E-state index < -0.39 is 0 Å². The van der Waals surface area contributed by atoms with E-state index in [1.54, 1.807) is 11.3 Å². The lowest BCUT2D eigenvalue weighted by Crippen LogP contribution is -2.65. The van der Waals surface area contributed by atoms with Crippen molar-refractivity contribution >= 4 is 17.3 Å². The highest BCUT2D eigenvalue weighted by Gasteiger charge is 2.53. The molecule has 2 atom stereocenters. The topological polar surface area (TPSA) is 76.4 Å². The van der Waals surface area contributed by atoms with Crippen LogP contribution in [0.3, 0.4) is 0 Å². The maximum absolute atomic E-state index is 6.03. The molecule has 1 fully saturated rings. The van der Waals surface area contributed by atoms with Crippen molar-refractivity contribution in [3.63, 3.8) is 0 Å². The SMILES string of the molecule is CCOC1CC(NC(=NCc2nnc(C)n2C)NCc2cccs2)C1(CC)CC. The summed E-state index contributed by atoms with van der Waals surface area (Å²) >= 11 is 1.75. The molecule has 0 amide bonds. The first-order valence-electron chi connectivity index (χ1n) is 10.6. The van der Waals surface area contributed by atoms with Crippen molar-refractivity contribution in [2.24, 2.45) is 17.5 Å². The van der Waals surface area contributed by atoms with Gasteiger partial charge in [0.15, 0.2) is 11.8 Å². The van der Waals surface area contributed by atoms with Crippen molar-refractivity contribution in [1.29, 1.82) is 0 Å². The molecule has 2 aromatic rings. The lowest BCUT2D eigenvalue weighted by molar-refractivity contribution is -0.133. The Kier molecular flexibility index (Phi) is 7.29. The number of aromatic nitrogens is 3. The Labute approximate surface area is 178 Å². The lowest BCUT2D eigenvalue weighted by atomic mass is 9.58. The minimum absolute atomic E-state index is 0.156. The summed E-state index contributed by atoms with van der Waals surface area (Å²) in [7, 11) is 1.98. The van der Waals surface area contributed by atoms with E-state index in [2.05, 4.69) is 59.1 Å². The van der Waals surface area contributed by atoms with Gasteiger partial charge in [0, 0.05) is 30.0 Å². The molecule has 8 heteroatoms. The summed E-state index contributed by atoms with van der Waals surface area (Å²) in [5.41, 5.74) is 0.156. The van der Waals surface area contributed by atoms with E-state index in [4.69, 9.17) is 9.73 Å². The Morgan fingerprint density at radius 3 is 2.72 bits per heavy atom. The monoisotopic (exact) mass is 418 g/mol. The molecule has 1 aliphatic rings. The third-order valence-corrected chi connectivity index (χ3v) is 7.23. The fourth-order valence-corrected chi connectivity index (χ4v) is 4.87. The van der Waals surface area contributed by atoms with Gasteiger partial charge in [-0.15, -0.1) is 21.5 Å². The van der Waals surface area contributed by atoms with E-state index in [0.717, 1.165) is 50.0 Å². The van der Waals surface area contributed by atoms with Gasteiger partial charge in [0.2, 0.25) is 0 Å². The Bertz CT molecular complexity index is 796. The first-order valence-corrected chi connectivity index (χ1v) is 11.5. The molecule has 160 valence electrons. The summed E-state index contributed by atoms with van der Waals surface area (Å²) in [5.74, 6) is 2.58. The summed E-state index contributed by atoms with van der Waals surface area (Å²) in [4.78, 5) is 6.11. The molecule has 1 saturated carbocycles. The lowest BCUT2D eigenvalue weighted by Gasteiger charge is -2.55. The summed E-state index contributed by atoms with van der Waals surface area (Å²) in [6.45, 7) is 10.6. The zero-order chi connectivity index (χ0) is 20.9. The van der Waals surface area contributed by atoms with Crippen molar-refractivity contribution in [3.8, 4) is 0 Å². The van der Waals surface area contributed by atoms with Crippen LogP contribution in [0.4, 0.5) is 0 Å². The van der Waals surface area contributed by atoms with Gasteiger partial charge in [-0.3, -0.25) is 0 Å². The average molecular weight is 419 g/mol. The second-order valence-corrected chi connectivity index (χ2v) is 8.67. The Hall–Kier alpha value is -1.93. The van der Waals surface area contributed by atoms with E-state index in [-0.39, 0.29) is 5.41 Å². The Morgan fingerprint density at radius 2 is 2.14 bits per heavy atom. The van der Waals surface area contributed by atoms with Gasteiger partial charge < -0.3 is 19.9 Å². The van der Waals surface area contributed by atoms with Crippen LogP contribution in [0.1, 0.15) is 56.6 Å². The molecule has 2 unspecified atom stereocenters. The van der Waals surface area contributed by atoms with Crippen molar-refractivity contribution < 1.29 is 4.74 Å². The number of guanidine groups is 1. The van der Waals surface area contributed by atoms with Crippen molar-refractivity contribution in [2.45, 2.75) is 72.2 Å². The van der Waals surface area contributed by atoms with Crippen LogP contribution >= 0.6 is 11.3 Å². The number of aryl methyl sites for hydroxylation is 1. The molecular formula is C21H34N6OS. The second kappa shape index (κ2) is 9.71. The number of aliphatic imine (C=N–C) groups is 1. The number of rotatable bonds is 9. The minimum Gasteiger partial charge on any atom is -0.378 e. The molecule has 0 spiro atoms. The maximum Gasteiger partial charge on any atom is 0.192 e. The molecule has 3 rings (SSSR count). The van der Waals surface area contributed by atoms with Crippen LogP contribution in [0.2, 0.25) is 0 Å². The normalized spacial score (nSPS) is 21.1. The zero-order valence-corrected chi connectivity index (χ0v) is 19.1. The number of ether oxygens (including phenoxy) is 1. The van der Waals surface area contributed by atoms with Crippen LogP contribution in [-0.4, -0.2) is 39.5 Å². The van der Waals surface area contributed by atoms with Crippen LogP contribution in [0, 0.1) is 12.3 Å². The fraction of sp³-hybridized carbons (Fsp3) is 0.667. The van der Waals surface area contributed by atoms with Crippen LogP contribution in [0.15, 0.2) is 22.5 Å². The average Bonchev–Trinajstić information content (AvgIpc) is 3.34. The molecule has 0 saturated heterocycles. The van der Waals surface area contributed by atoms with Gasteiger partial charge in [-0.1, -0.05) is 19.9 Å². The van der Waals surface area contributed by atoms with Gasteiger partial charge >= 0.3 is 0 Å². The molecule has 2 N–H and O–H groups in total. The zero-order valence-electron chi connectivity index (χ0n) is 18.2. The molecule has 1 aliphatic carbocycles. The predicted molar refractivity (Wildman–Crippen MR) is 118 cm³/mol. The molecule has 0 aliphatic heterocycles. The predicted octanol–water partition coefficient (Wildman–Crippen LogP) is 3.40. The van der Waals surface area contributed by atoms with Gasteiger partial charge in [-0.05, 0) is 44.6 Å². The summed E-state index contributed by atoms with van der Waals surface area (Å²) in [6, 6.07) is 4.56. The number of thiophene rings is 1. The molecule has 0 radical (unpaired) electrons. The molecule has 0 bridgehead atoms. The number of hydrogen-bond donors (Lipinski definition) is 2. The van der Waals surface area contributed by atoms with Crippen molar-refractivity contribution in [1.82, 2.24) is 25.4 Å². The van der Waals surface area contributed by atoms with E-state index in [1.807, 2.05) is 18.5 Å². The first-order chi connectivity index (χ1) is 14.0. The highest BCUT2D eigenvalue weighted by Crippen LogP contribution is 2.48. The number of hydrogen-bond acceptors (Lipinski definition) is 5. The largest absolute Gasteiger partial charge is 0.378 e. The van der Waals surface area contributed by atoms with Crippen LogP contribution in [0.5, 0.6) is 0 Å². The quantitative estimate of drug-likeness (QED) is 0.482. The van der Waals surface area contributed by atoms with Crippen molar-refractivity contribution in [3.05, 3.63) is 34.0 Å². The first kappa shape index (κ1) is 21.8. The minimum atomic E-state index is 0.156. The second-order valence-electron chi connectivity index (χ2n) is 7.64. The van der Waals surface area contributed by atoms with Gasteiger partial charge in [0.25, 0.3) is 0 Å². The van der Waals surface area contributed by atoms with Crippen LogP contribution in [-0.2, 0) is 24.9 Å².